The molecule has 0 spiro atoms. The lowest BCUT2D eigenvalue weighted by molar-refractivity contribution is 0.0684. The molecule has 0 fully saturated rings. The van der Waals surface area contributed by atoms with Crippen LogP contribution in [0.1, 0.15) is 16.1 Å². The SMILES string of the molecule is O=C(O)c1ccnn1Cc1ccc(F)c(Br)c1. The summed E-state index contributed by atoms with van der Waals surface area (Å²) in [5.74, 6) is -1.39. The van der Waals surface area contributed by atoms with Gasteiger partial charge in [0.25, 0.3) is 0 Å². The summed E-state index contributed by atoms with van der Waals surface area (Å²) in [6.07, 6.45) is 1.42. The van der Waals surface area contributed by atoms with Crippen molar-refractivity contribution in [2.75, 3.05) is 0 Å². The average molecular weight is 299 g/mol. The topological polar surface area (TPSA) is 55.1 Å². The molecule has 0 saturated heterocycles. The number of hydrogen-bond acceptors (Lipinski definition) is 2. The Morgan fingerprint density at radius 1 is 1.47 bits per heavy atom. The van der Waals surface area contributed by atoms with E-state index in [1.54, 1.807) is 12.1 Å². The predicted octanol–water partition coefficient (Wildman–Crippen LogP) is 2.53. The van der Waals surface area contributed by atoms with E-state index in [4.69, 9.17) is 5.11 Å². The van der Waals surface area contributed by atoms with Crippen molar-refractivity contribution < 1.29 is 14.3 Å². The van der Waals surface area contributed by atoms with Gasteiger partial charge in [0.05, 0.1) is 11.0 Å². The fourth-order valence-corrected chi connectivity index (χ4v) is 1.88. The Bertz CT molecular complexity index is 568. The highest BCUT2D eigenvalue weighted by molar-refractivity contribution is 9.10. The third-order valence-corrected chi connectivity index (χ3v) is 2.86. The molecule has 0 aliphatic heterocycles. The molecule has 17 heavy (non-hydrogen) atoms. The second kappa shape index (κ2) is 4.67. The molecule has 0 aliphatic rings. The maximum Gasteiger partial charge on any atom is 0.354 e. The summed E-state index contributed by atoms with van der Waals surface area (Å²) in [5, 5.41) is 12.8. The van der Waals surface area contributed by atoms with Crippen molar-refractivity contribution in [3.8, 4) is 0 Å². The molecule has 0 atom stereocenters. The number of carbonyl (C=O) groups is 1. The normalized spacial score (nSPS) is 10.5. The second-order valence-corrected chi connectivity index (χ2v) is 4.28. The molecule has 4 nitrogen and oxygen atoms in total. The largest absolute Gasteiger partial charge is 0.477 e. The van der Waals surface area contributed by atoms with Gasteiger partial charge in [0.1, 0.15) is 11.5 Å². The number of rotatable bonds is 3. The van der Waals surface area contributed by atoms with Gasteiger partial charge in [-0.05, 0) is 39.7 Å². The summed E-state index contributed by atoms with van der Waals surface area (Å²) in [6, 6.07) is 5.93. The molecule has 1 aromatic heterocycles. The Morgan fingerprint density at radius 2 is 2.24 bits per heavy atom. The zero-order valence-electron chi connectivity index (χ0n) is 8.60. The minimum atomic E-state index is -1.04. The first-order valence-corrected chi connectivity index (χ1v) is 5.56. The molecule has 1 N–H and O–H groups in total. The van der Waals surface area contributed by atoms with E-state index in [0.29, 0.717) is 4.47 Å². The molecule has 1 aromatic carbocycles. The highest BCUT2D eigenvalue weighted by Crippen LogP contribution is 2.17. The summed E-state index contributed by atoms with van der Waals surface area (Å²) >= 11 is 3.08. The fraction of sp³-hybridized carbons (Fsp3) is 0.0909. The summed E-state index contributed by atoms with van der Waals surface area (Å²) < 4.78 is 14.7. The Hall–Kier alpha value is -1.69. The smallest absolute Gasteiger partial charge is 0.354 e. The van der Waals surface area contributed by atoms with Crippen molar-refractivity contribution in [2.24, 2.45) is 0 Å². The molecule has 0 unspecified atom stereocenters. The standard InChI is InChI=1S/C11H8BrFN2O2/c12-8-5-7(1-2-9(8)13)6-15-10(11(16)17)3-4-14-15/h1-5H,6H2,(H,16,17). The van der Waals surface area contributed by atoms with Crippen molar-refractivity contribution in [3.63, 3.8) is 0 Å². The minimum absolute atomic E-state index is 0.102. The van der Waals surface area contributed by atoms with Gasteiger partial charge in [-0.3, -0.25) is 4.68 Å². The van der Waals surface area contributed by atoms with E-state index in [0.717, 1.165) is 5.56 Å². The first kappa shape index (κ1) is 11.8. The predicted molar refractivity (Wildman–Crippen MR) is 62.4 cm³/mol. The number of aromatic nitrogens is 2. The molecule has 88 valence electrons. The van der Waals surface area contributed by atoms with Gasteiger partial charge in [0, 0.05) is 6.20 Å². The fourth-order valence-electron chi connectivity index (χ4n) is 1.45. The van der Waals surface area contributed by atoms with Crippen LogP contribution in [0.2, 0.25) is 0 Å². The Balaban J connectivity index is 2.28. The molecule has 0 radical (unpaired) electrons. The zero-order valence-corrected chi connectivity index (χ0v) is 10.2. The van der Waals surface area contributed by atoms with Crippen LogP contribution in [0, 0.1) is 5.82 Å². The first-order valence-electron chi connectivity index (χ1n) is 4.77. The van der Waals surface area contributed by atoms with Crippen molar-refractivity contribution in [1.29, 1.82) is 0 Å². The number of carboxylic acids is 1. The van der Waals surface area contributed by atoms with E-state index in [1.165, 1.54) is 23.0 Å². The van der Waals surface area contributed by atoms with Crippen molar-refractivity contribution in [3.05, 3.63) is 52.0 Å². The van der Waals surface area contributed by atoms with Gasteiger partial charge in [-0.15, -0.1) is 0 Å². The van der Waals surface area contributed by atoms with Crippen LogP contribution in [0.3, 0.4) is 0 Å². The monoisotopic (exact) mass is 298 g/mol. The number of nitrogens with zero attached hydrogens (tertiary/aromatic N) is 2. The van der Waals surface area contributed by atoms with E-state index in [1.807, 2.05) is 0 Å². The quantitative estimate of drug-likeness (QED) is 0.947. The molecule has 1 heterocycles. The lowest BCUT2D eigenvalue weighted by Crippen LogP contribution is -2.10. The third kappa shape index (κ3) is 2.52. The number of carboxylic acid groups (broad SMARTS) is 1. The highest BCUT2D eigenvalue weighted by Gasteiger charge is 2.10. The summed E-state index contributed by atoms with van der Waals surface area (Å²) in [6.45, 7) is 0.285. The summed E-state index contributed by atoms with van der Waals surface area (Å²) in [7, 11) is 0. The first-order chi connectivity index (χ1) is 8.08. The molecule has 6 heteroatoms. The van der Waals surface area contributed by atoms with Crippen LogP contribution in [0.5, 0.6) is 0 Å². The van der Waals surface area contributed by atoms with Gasteiger partial charge in [0.15, 0.2) is 0 Å². The number of halogens is 2. The van der Waals surface area contributed by atoms with Crippen LogP contribution < -0.4 is 0 Å². The molecule has 2 rings (SSSR count). The maximum atomic E-state index is 13.0. The molecular formula is C11H8BrFN2O2. The van der Waals surface area contributed by atoms with Crippen LogP contribution in [-0.4, -0.2) is 20.9 Å². The Kier molecular flexibility index (Phi) is 3.23. The molecule has 0 saturated carbocycles. The van der Waals surface area contributed by atoms with Gasteiger partial charge in [-0.2, -0.15) is 5.10 Å². The second-order valence-electron chi connectivity index (χ2n) is 3.43. The van der Waals surface area contributed by atoms with Gasteiger partial charge in [-0.25, -0.2) is 9.18 Å². The number of hydrogen-bond donors (Lipinski definition) is 1. The van der Waals surface area contributed by atoms with Crippen LogP contribution in [-0.2, 0) is 6.54 Å². The molecule has 0 amide bonds. The molecular weight excluding hydrogens is 291 g/mol. The van der Waals surface area contributed by atoms with Crippen LogP contribution in [0.4, 0.5) is 4.39 Å². The van der Waals surface area contributed by atoms with Gasteiger partial charge in [-0.1, -0.05) is 6.07 Å². The average Bonchev–Trinajstić information content (AvgIpc) is 2.72. The van der Waals surface area contributed by atoms with Crippen LogP contribution in [0.15, 0.2) is 34.9 Å². The third-order valence-electron chi connectivity index (χ3n) is 2.25. The Morgan fingerprint density at radius 3 is 2.88 bits per heavy atom. The summed E-state index contributed by atoms with van der Waals surface area (Å²) in [4.78, 5) is 10.9. The molecule has 2 aromatic rings. The molecule has 0 bridgehead atoms. The molecule has 0 aliphatic carbocycles. The number of benzene rings is 1. The Labute approximate surface area is 105 Å². The van der Waals surface area contributed by atoms with Crippen molar-refractivity contribution >= 4 is 21.9 Å². The highest BCUT2D eigenvalue weighted by atomic mass is 79.9. The van der Waals surface area contributed by atoms with E-state index >= 15 is 0 Å². The zero-order chi connectivity index (χ0) is 12.4. The van der Waals surface area contributed by atoms with Crippen molar-refractivity contribution in [2.45, 2.75) is 6.54 Å². The summed E-state index contributed by atoms with van der Waals surface area (Å²) in [5.41, 5.74) is 0.870. The van der Waals surface area contributed by atoms with E-state index < -0.39 is 5.97 Å². The van der Waals surface area contributed by atoms with E-state index in [-0.39, 0.29) is 18.1 Å². The van der Waals surface area contributed by atoms with Gasteiger partial charge in [0.2, 0.25) is 0 Å². The number of aromatic carboxylic acids is 1. The maximum absolute atomic E-state index is 13.0. The van der Waals surface area contributed by atoms with E-state index in [2.05, 4.69) is 21.0 Å². The lowest BCUT2D eigenvalue weighted by atomic mass is 10.2. The van der Waals surface area contributed by atoms with Gasteiger partial charge >= 0.3 is 5.97 Å². The van der Waals surface area contributed by atoms with Gasteiger partial charge < -0.3 is 5.11 Å². The lowest BCUT2D eigenvalue weighted by Gasteiger charge is -2.05. The van der Waals surface area contributed by atoms with Crippen LogP contribution >= 0.6 is 15.9 Å². The van der Waals surface area contributed by atoms with Crippen LogP contribution in [0.25, 0.3) is 0 Å². The van der Waals surface area contributed by atoms with E-state index in [9.17, 15) is 9.18 Å². The van der Waals surface area contributed by atoms with Crippen molar-refractivity contribution in [1.82, 2.24) is 9.78 Å². The minimum Gasteiger partial charge on any atom is -0.477 e.